The van der Waals surface area contributed by atoms with Crippen molar-refractivity contribution in [3.8, 4) is 0 Å². The number of hydrogen-bond acceptors (Lipinski definition) is 4. The molecule has 2 aliphatic rings. The largest absolute Gasteiger partial charge is 0.369 e. The summed E-state index contributed by atoms with van der Waals surface area (Å²) in [6.07, 6.45) is 3.53. The minimum absolute atomic E-state index is 0. The first-order valence-corrected chi connectivity index (χ1v) is 10.9. The highest BCUT2D eigenvalue weighted by molar-refractivity contribution is 14.0. The quantitative estimate of drug-likeness (QED) is 0.322. The maximum Gasteiger partial charge on any atom is 0.243 e. The van der Waals surface area contributed by atoms with Crippen molar-refractivity contribution in [1.82, 2.24) is 20.4 Å². The summed E-state index contributed by atoms with van der Waals surface area (Å²) in [5, 5.41) is 7.08. The summed E-state index contributed by atoms with van der Waals surface area (Å²) in [4.78, 5) is 23.1. The standard InChI is InChI=1S/C22H36N6O.HI/c1-4-27-13-8-11-20(27)15-23-22(24-16-21(29)26(2)3)25-18-12-14-28(17-18)19-9-6-5-7-10-19;/h5-7,9-10,18,20H,4,8,11-17H2,1-3H3,(H2,23,24,25);1H. The minimum atomic E-state index is 0. The molecule has 30 heavy (non-hydrogen) atoms. The van der Waals surface area contributed by atoms with Gasteiger partial charge in [-0.05, 0) is 44.5 Å². The van der Waals surface area contributed by atoms with E-state index in [1.165, 1.54) is 25.1 Å². The van der Waals surface area contributed by atoms with Gasteiger partial charge < -0.3 is 20.4 Å². The van der Waals surface area contributed by atoms with Gasteiger partial charge in [0.25, 0.3) is 0 Å². The Kier molecular flexibility index (Phi) is 10.2. The monoisotopic (exact) mass is 528 g/mol. The number of nitrogens with zero attached hydrogens (tertiary/aromatic N) is 4. The number of likely N-dealkylation sites (N-methyl/N-ethyl adjacent to an activating group) is 2. The molecule has 2 atom stereocenters. The summed E-state index contributed by atoms with van der Waals surface area (Å²) < 4.78 is 0. The van der Waals surface area contributed by atoms with Crippen LogP contribution in [0.15, 0.2) is 35.3 Å². The first-order valence-electron chi connectivity index (χ1n) is 10.9. The van der Waals surface area contributed by atoms with E-state index in [2.05, 4.69) is 56.6 Å². The molecule has 3 rings (SSSR count). The molecule has 0 aromatic heterocycles. The summed E-state index contributed by atoms with van der Waals surface area (Å²) in [5.74, 6) is 0.766. The Morgan fingerprint density at radius 3 is 2.67 bits per heavy atom. The van der Waals surface area contributed by atoms with Gasteiger partial charge in [-0.2, -0.15) is 0 Å². The molecule has 8 heteroatoms. The molecule has 0 bridgehead atoms. The predicted octanol–water partition coefficient (Wildman–Crippen LogP) is 1.99. The van der Waals surface area contributed by atoms with Crippen LogP contribution in [0.4, 0.5) is 5.69 Å². The molecule has 1 amide bonds. The smallest absolute Gasteiger partial charge is 0.243 e. The Morgan fingerprint density at radius 1 is 1.20 bits per heavy atom. The van der Waals surface area contributed by atoms with E-state index in [1.807, 2.05) is 6.07 Å². The lowest BCUT2D eigenvalue weighted by Gasteiger charge is -2.25. The number of hydrogen-bond donors (Lipinski definition) is 2. The molecule has 0 saturated carbocycles. The van der Waals surface area contributed by atoms with Gasteiger partial charge in [-0.1, -0.05) is 25.1 Å². The zero-order valence-corrected chi connectivity index (χ0v) is 20.8. The molecule has 2 heterocycles. The van der Waals surface area contributed by atoms with Crippen LogP contribution in [-0.4, -0.2) is 87.1 Å². The summed E-state index contributed by atoms with van der Waals surface area (Å²) in [5.41, 5.74) is 1.26. The third kappa shape index (κ3) is 7.01. The number of rotatable bonds is 7. The summed E-state index contributed by atoms with van der Waals surface area (Å²) in [7, 11) is 3.54. The highest BCUT2D eigenvalue weighted by Gasteiger charge is 2.25. The minimum Gasteiger partial charge on any atom is -0.369 e. The van der Waals surface area contributed by atoms with Gasteiger partial charge in [0.05, 0.1) is 0 Å². The molecular weight excluding hydrogens is 491 g/mol. The number of anilines is 1. The Morgan fingerprint density at radius 2 is 1.97 bits per heavy atom. The van der Waals surface area contributed by atoms with Crippen LogP contribution in [0.1, 0.15) is 26.2 Å². The van der Waals surface area contributed by atoms with Gasteiger partial charge >= 0.3 is 0 Å². The van der Waals surface area contributed by atoms with Gasteiger partial charge in [0.15, 0.2) is 5.96 Å². The molecule has 2 saturated heterocycles. The lowest BCUT2D eigenvalue weighted by molar-refractivity contribution is -0.127. The maximum atomic E-state index is 12.0. The second-order valence-corrected chi connectivity index (χ2v) is 8.17. The molecule has 168 valence electrons. The van der Waals surface area contributed by atoms with Crippen LogP contribution in [0, 0.1) is 0 Å². The van der Waals surface area contributed by atoms with E-state index >= 15 is 0 Å². The number of aliphatic imine (C=N–C) groups is 1. The van der Waals surface area contributed by atoms with E-state index in [0.29, 0.717) is 12.1 Å². The zero-order valence-electron chi connectivity index (χ0n) is 18.5. The van der Waals surface area contributed by atoms with E-state index in [-0.39, 0.29) is 36.4 Å². The molecule has 0 aliphatic carbocycles. The van der Waals surface area contributed by atoms with Crippen LogP contribution in [0.5, 0.6) is 0 Å². The van der Waals surface area contributed by atoms with Crippen molar-refractivity contribution >= 4 is 41.5 Å². The molecule has 0 spiro atoms. The van der Waals surface area contributed by atoms with Crippen molar-refractivity contribution < 1.29 is 4.79 Å². The van der Waals surface area contributed by atoms with E-state index < -0.39 is 0 Å². The summed E-state index contributed by atoms with van der Waals surface area (Å²) >= 11 is 0. The van der Waals surface area contributed by atoms with Gasteiger partial charge in [-0.15, -0.1) is 24.0 Å². The molecule has 0 radical (unpaired) electrons. The molecule has 2 N–H and O–H groups in total. The Labute approximate surface area is 198 Å². The topological polar surface area (TPSA) is 63.2 Å². The number of benzene rings is 1. The third-order valence-electron chi connectivity index (χ3n) is 5.93. The van der Waals surface area contributed by atoms with Crippen LogP contribution in [0.2, 0.25) is 0 Å². The predicted molar refractivity (Wildman–Crippen MR) is 135 cm³/mol. The normalized spacial score (nSPS) is 22.0. The van der Waals surface area contributed by atoms with E-state index in [4.69, 9.17) is 0 Å². The lowest BCUT2D eigenvalue weighted by Crippen LogP contribution is -2.49. The number of para-hydroxylation sites is 1. The molecule has 7 nitrogen and oxygen atoms in total. The lowest BCUT2D eigenvalue weighted by atomic mass is 10.2. The van der Waals surface area contributed by atoms with Crippen molar-refractivity contribution in [2.75, 3.05) is 58.3 Å². The van der Waals surface area contributed by atoms with Crippen LogP contribution in [-0.2, 0) is 4.79 Å². The Hall–Kier alpha value is -1.55. The second-order valence-electron chi connectivity index (χ2n) is 8.17. The molecule has 2 unspecified atom stereocenters. The van der Waals surface area contributed by atoms with E-state index in [1.54, 1.807) is 19.0 Å². The molecule has 1 aromatic carbocycles. The second kappa shape index (κ2) is 12.3. The van der Waals surface area contributed by atoms with Crippen molar-refractivity contribution in [2.45, 2.75) is 38.3 Å². The average Bonchev–Trinajstić information content (AvgIpc) is 3.39. The highest BCUT2D eigenvalue weighted by atomic mass is 127. The number of guanidine groups is 1. The fraction of sp³-hybridized carbons (Fsp3) is 0.636. The van der Waals surface area contributed by atoms with Crippen LogP contribution >= 0.6 is 24.0 Å². The zero-order chi connectivity index (χ0) is 20.6. The van der Waals surface area contributed by atoms with Gasteiger partial charge in [0.2, 0.25) is 5.91 Å². The van der Waals surface area contributed by atoms with E-state index in [0.717, 1.165) is 38.6 Å². The molecule has 1 aromatic rings. The van der Waals surface area contributed by atoms with Crippen molar-refractivity contribution in [3.05, 3.63) is 30.3 Å². The number of nitrogens with one attached hydrogen (secondary N) is 2. The first-order chi connectivity index (χ1) is 14.1. The highest BCUT2D eigenvalue weighted by Crippen LogP contribution is 2.20. The molecular formula is C22H37IN6O. The number of carbonyl (C=O) groups is 1. The number of carbonyl (C=O) groups excluding carboxylic acids is 1. The fourth-order valence-electron chi connectivity index (χ4n) is 4.14. The van der Waals surface area contributed by atoms with Crippen molar-refractivity contribution in [1.29, 1.82) is 0 Å². The maximum absolute atomic E-state index is 12.0. The number of halogens is 1. The van der Waals surface area contributed by atoms with E-state index in [9.17, 15) is 4.79 Å². The van der Waals surface area contributed by atoms with Gasteiger partial charge in [-0.25, -0.2) is 4.99 Å². The van der Waals surface area contributed by atoms with Gasteiger partial charge in [-0.3, -0.25) is 9.69 Å². The third-order valence-corrected chi connectivity index (χ3v) is 5.93. The van der Waals surface area contributed by atoms with Gasteiger partial charge in [0, 0.05) is 51.5 Å². The van der Waals surface area contributed by atoms with Crippen LogP contribution in [0.3, 0.4) is 0 Å². The summed E-state index contributed by atoms with van der Waals surface area (Å²) in [6.45, 7) is 7.48. The Bertz CT molecular complexity index is 683. The SMILES string of the molecule is CCN1CCCC1CNC(=NCC(=O)N(C)C)NC1CCN(c2ccccc2)C1.I. The fourth-order valence-corrected chi connectivity index (χ4v) is 4.14. The average molecular weight is 528 g/mol. The van der Waals surface area contributed by atoms with Crippen molar-refractivity contribution in [3.63, 3.8) is 0 Å². The Balaban J connectivity index is 0.00000320. The first kappa shape index (κ1) is 24.7. The number of amides is 1. The number of likely N-dealkylation sites (tertiary alicyclic amines) is 1. The van der Waals surface area contributed by atoms with Gasteiger partial charge in [0.1, 0.15) is 6.54 Å². The summed E-state index contributed by atoms with van der Waals surface area (Å²) in [6, 6.07) is 11.4. The van der Waals surface area contributed by atoms with Crippen LogP contribution in [0.25, 0.3) is 0 Å². The van der Waals surface area contributed by atoms with Crippen molar-refractivity contribution in [2.24, 2.45) is 4.99 Å². The van der Waals surface area contributed by atoms with Crippen LogP contribution < -0.4 is 15.5 Å². The molecule has 2 fully saturated rings. The molecule has 2 aliphatic heterocycles.